The van der Waals surface area contributed by atoms with Crippen molar-refractivity contribution in [3.05, 3.63) is 28.2 Å². The maximum Gasteiger partial charge on any atom is 0.340 e. The van der Waals surface area contributed by atoms with Crippen LogP contribution in [-0.4, -0.2) is 22.2 Å². The Hall–Kier alpha value is -2.24. The summed E-state index contributed by atoms with van der Waals surface area (Å²) in [6.07, 6.45) is 0. The van der Waals surface area contributed by atoms with Crippen LogP contribution in [0.3, 0.4) is 0 Å². The van der Waals surface area contributed by atoms with Crippen LogP contribution in [0.25, 0.3) is 11.0 Å². The Kier molecular flexibility index (Phi) is 2.42. The normalized spacial score (nSPS) is 10.8. The number of fused-ring (bicyclic) bond motifs is 1. The first kappa shape index (κ1) is 11.3. The van der Waals surface area contributed by atoms with Crippen LogP contribution in [0.1, 0.15) is 10.4 Å². The van der Waals surface area contributed by atoms with Gasteiger partial charge in [-0.05, 0) is 12.1 Å². The summed E-state index contributed by atoms with van der Waals surface area (Å²) < 4.78 is 7.57. The molecule has 0 bridgehead atoms. The molecule has 0 amide bonds. The average Bonchev–Trinajstić information content (AvgIpc) is 2.53. The second-order valence-electron chi connectivity index (χ2n) is 3.82. The van der Waals surface area contributed by atoms with Crippen LogP contribution in [-0.2, 0) is 18.8 Å². The lowest BCUT2D eigenvalue weighted by molar-refractivity contribution is 0.0602. The van der Waals surface area contributed by atoms with E-state index in [0.29, 0.717) is 16.7 Å². The lowest BCUT2D eigenvalue weighted by Crippen LogP contribution is -2.19. The maximum atomic E-state index is 11.7. The zero-order chi connectivity index (χ0) is 12.7. The molecule has 0 saturated heterocycles. The molecule has 0 aliphatic carbocycles. The summed E-state index contributed by atoms with van der Waals surface area (Å²) in [6.45, 7) is 0. The van der Waals surface area contributed by atoms with Crippen LogP contribution in [0.2, 0.25) is 0 Å². The number of aryl methyl sites for hydroxylation is 2. The van der Waals surface area contributed by atoms with E-state index in [9.17, 15) is 9.59 Å². The van der Waals surface area contributed by atoms with Crippen molar-refractivity contribution in [3.63, 3.8) is 0 Å². The highest BCUT2D eigenvalue weighted by molar-refractivity contribution is 5.99. The minimum atomic E-state index is -0.513. The molecule has 2 rings (SSSR count). The minimum Gasteiger partial charge on any atom is -0.465 e. The van der Waals surface area contributed by atoms with Gasteiger partial charge in [0.25, 0.3) is 0 Å². The van der Waals surface area contributed by atoms with E-state index in [1.165, 1.54) is 16.2 Å². The molecule has 1 aromatic carbocycles. The highest BCUT2D eigenvalue weighted by atomic mass is 16.5. The topological polar surface area (TPSA) is 79.2 Å². The van der Waals surface area contributed by atoms with E-state index in [-0.39, 0.29) is 11.3 Å². The number of esters is 1. The number of carbonyl (C=O) groups excluding carboxylic acids is 1. The number of imidazole rings is 1. The van der Waals surface area contributed by atoms with E-state index >= 15 is 0 Å². The van der Waals surface area contributed by atoms with Gasteiger partial charge in [0.2, 0.25) is 0 Å². The minimum absolute atomic E-state index is 0.165. The van der Waals surface area contributed by atoms with Crippen molar-refractivity contribution in [1.82, 2.24) is 9.13 Å². The van der Waals surface area contributed by atoms with Crippen LogP contribution in [0, 0.1) is 0 Å². The summed E-state index contributed by atoms with van der Waals surface area (Å²) >= 11 is 0. The van der Waals surface area contributed by atoms with E-state index in [2.05, 4.69) is 4.74 Å². The quantitative estimate of drug-likeness (QED) is 0.567. The van der Waals surface area contributed by atoms with Crippen molar-refractivity contribution < 1.29 is 9.53 Å². The van der Waals surface area contributed by atoms with Crippen molar-refractivity contribution in [1.29, 1.82) is 0 Å². The molecule has 0 aliphatic heterocycles. The van der Waals surface area contributed by atoms with Gasteiger partial charge < -0.3 is 10.5 Å². The van der Waals surface area contributed by atoms with Crippen LogP contribution < -0.4 is 11.4 Å². The molecule has 0 atom stereocenters. The second-order valence-corrected chi connectivity index (χ2v) is 3.82. The van der Waals surface area contributed by atoms with Gasteiger partial charge in [-0.3, -0.25) is 9.13 Å². The fourth-order valence-corrected chi connectivity index (χ4v) is 1.85. The van der Waals surface area contributed by atoms with E-state index < -0.39 is 5.97 Å². The fraction of sp³-hybridized carbons (Fsp3) is 0.273. The summed E-state index contributed by atoms with van der Waals surface area (Å²) in [6, 6.07) is 3.17. The Bertz CT molecular complexity index is 667. The van der Waals surface area contributed by atoms with Crippen molar-refractivity contribution in [2.45, 2.75) is 0 Å². The van der Waals surface area contributed by atoms with Gasteiger partial charge in [-0.15, -0.1) is 0 Å². The van der Waals surface area contributed by atoms with Crippen LogP contribution in [0.15, 0.2) is 16.9 Å². The molecule has 0 spiro atoms. The number of methoxy groups -OCH3 is 1. The van der Waals surface area contributed by atoms with Crippen molar-refractivity contribution in [2.75, 3.05) is 12.8 Å². The van der Waals surface area contributed by atoms with Gasteiger partial charge in [0, 0.05) is 19.8 Å². The van der Waals surface area contributed by atoms with Crippen LogP contribution in [0.5, 0.6) is 0 Å². The zero-order valence-electron chi connectivity index (χ0n) is 9.85. The van der Waals surface area contributed by atoms with Crippen LogP contribution in [0.4, 0.5) is 5.69 Å². The third-order valence-corrected chi connectivity index (χ3v) is 2.85. The molecule has 2 aromatic rings. The van der Waals surface area contributed by atoms with E-state index in [4.69, 9.17) is 5.73 Å². The number of anilines is 1. The number of hydrogen-bond acceptors (Lipinski definition) is 4. The first-order valence-electron chi connectivity index (χ1n) is 5.00. The number of carbonyl (C=O) groups is 1. The first-order chi connectivity index (χ1) is 7.97. The average molecular weight is 235 g/mol. The Morgan fingerprint density at radius 3 is 2.29 bits per heavy atom. The van der Waals surface area contributed by atoms with Gasteiger partial charge >= 0.3 is 11.7 Å². The predicted molar refractivity (Wildman–Crippen MR) is 63.9 cm³/mol. The lowest BCUT2D eigenvalue weighted by Gasteiger charge is -2.04. The van der Waals surface area contributed by atoms with Crippen LogP contribution >= 0.6 is 0 Å². The molecule has 90 valence electrons. The Morgan fingerprint density at radius 2 is 1.76 bits per heavy atom. The molecule has 6 heteroatoms. The summed E-state index contributed by atoms with van der Waals surface area (Å²) in [5.41, 5.74) is 7.49. The first-order valence-corrected chi connectivity index (χ1v) is 5.00. The molecule has 17 heavy (non-hydrogen) atoms. The van der Waals surface area contributed by atoms with Crippen molar-refractivity contribution in [3.8, 4) is 0 Å². The SMILES string of the molecule is COC(=O)c1cc2c(cc1N)n(C)c(=O)n2C. The summed E-state index contributed by atoms with van der Waals surface area (Å²) in [7, 11) is 4.58. The highest BCUT2D eigenvalue weighted by Gasteiger charge is 2.15. The molecule has 1 aromatic heterocycles. The van der Waals surface area contributed by atoms with Gasteiger partial charge in [-0.25, -0.2) is 9.59 Å². The van der Waals surface area contributed by atoms with E-state index in [0.717, 1.165) is 0 Å². The Balaban J connectivity index is 2.86. The number of ether oxygens (including phenoxy) is 1. The molecule has 0 fully saturated rings. The van der Waals surface area contributed by atoms with Crippen molar-refractivity contribution in [2.24, 2.45) is 14.1 Å². The smallest absolute Gasteiger partial charge is 0.340 e. The molecular formula is C11H13N3O3. The van der Waals surface area contributed by atoms with Gasteiger partial charge in [0.05, 0.1) is 23.7 Å². The standard InChI is InChI=1S/C11H13N3O3/c1-13-8-4-6(10(15)17-3)7(12)5-9(8)14(2)11(13)16/h4-5H,12H2,1-3H3. The molecule has 0 saturated carbocycles. The number of hydrogen-bond donors (Lipinski definition) is 1. The second kappa shape index (κ2) is 3.65. The van der Waals surface area contributed by atoms with Gasteiger partial charge in [0.15, 0.2) is 0 Å². The summed E-state index contributed by atoms with van der Waals surface area (Å²) in [4.78, 5) is 23.2. The van der Waals surface area contributed by atoms with Gasteiger partial charge in [-0.2, -0.15) is 0 Å². The van der Waals surface area contributed by atoms with E-state index in [1.54, 1.807) is 26.2 Å². The molecule has 0 radical (unpaired) electrons. The summed E-state index contributed by atoms with van der Waals surface area (Å²) in [5, 5.41) is 0. The molecule has 1 heterocycles. The largest absolute Gasteiger partial charge is 0.465 e. The molecule has 0 unspecified atom stereocenters. The fourth-order valence-electron chi connectivity index (χ4n) is 1.85. The third kappa shape index (κ3) is 1.49. The molecule has 2 N–H and O–H groups in total. The lowest BCUT2D eigenvalue weighted by atomic mass is 10.1. The Morgan fingerprint density at radius 1 is 1.24 bits per heavy atom. The summed E-state index contributed by atoms with van der Waals surface area (Å²) in [5.74, 6) is -0.513. The number of aromatic nitrogens is 2. The Labute approximate surface area is 97.2 Å². The number of nitrogens with two attached hydrogens (primary N) is 1. The van der Waals surface area contributed by atoms with E-state index in [1.807, 2.05) is 0 Å². The highest BCUT2D eigenvalue weighted by Crippen LogP contribution is 2.21. The predicted octanol–water partition coefficient (Wildman–Crippen LogP) is 0.246. The number of nitrogen functional groups attached to an aromatic ring is 1. The maximum absolute atomic E-state index is 11.7. The van der Waals surface area contributed by atoms with Gasteiger partial charge in [0.1, 0.15) is 0 Å². The van der Waals surface area contributed by atoms with Gasteiger partial charge in [-0.1, -0.05) is 0 Å². The monoisotopic (exact) mass is 235 g/mol. The molecule has 0 aliphatic rings. The molecular weight excluding hydrogens is 222 g/mol. The molecule has 6 nitrogen and oxygen atoms in total. The third-order valence-electron chi connectivity index (χ3n) is 2.85. The number of benzene rings is 1. The number of rotatable bonds is 1. The number of nitrogens with zero attached hydrogens (tertiary/aromatic N) is 2. The van der Waals surface area contributed by atoms with Crippen molar-refractivity contribution >= 4 is 22.7 Å². The zero-order valence-corrected chi connectivity index (χ0v) is 9.85.